The molecule has 10 heteroatoms. The SMILES string of the molecule is CNC(=O)C(C)N(Cc1cccc(Cl)c1)C(=O)CN(c1ccccc1Cl)S(=O)(=O)c1ccc(C)cc1. The lowest BCUT2D eigenvalue weighted by Gasteiger charge is -2.32. The summed E-state index contributed by atoms with van der Waals surface area (Å²) < 4.78 is 28.4. The normalized spacial score (nSPS) is 12.0. The summed E-state index contributed by atoms with van der Waals surface area (Å²) in [6.45, 7) is 2.91. The van der Waals surface area contributed by atoms with Crippen LogP contribution in [-0.4, -0.2) is 44.8 Å². The molecule has 2 amide bonds. The van der Waals surface area contributed by atoms with Gasteiger partial charge in [0.25, 0.3) is 10.0 Å². The number of para-hydroxylation sites is 1. The molecule has 0 fully saturated rings. The van der Waals surface area contributed by atoms with Crippen LogP contribution in [0.2, 0.25) is 10.0 Å². The molecule has 1 unspecified atom stereocenters. The maximum absolute atomic E-state index is 13.7. The molecule has 3 aromatic rings. The molecule has 0 spiro atoms. The molecule has 3 aromatic carbocycles. The van der Waals surface area contributed by atoms with Gasteiger partial charge >= 0.3 is 0 Å². The number of nitrogens with zero attached hydrogens (tertiary/aromatic N) is 2. The lowest BCUT2D eigenvalue weighted by atomic mass is 10.1. The van der Waals surface area contributed by atoms with Gasteiger partial charge in [0.1, 0.15) is 12.6 Å². The minimum Gasteiger partial charge on any atom is -0.357 e. The molecule has 0 bridgehead atoms. The van der Waals surface area contributed by atoms with Crippen LogP contribution < -0.4 is 9.62 Å². The van der Waals surface area contributed by atoms with Gasteiger partial charge in [-0.1, -0.05) is 65.2 Å². The Morgan fingerprint density at radius 1 is 0.972 bits per heavy atom. The zero-order chi connectivity index (χ0) is 26.5. The van der Waals surface area contributed by atoms with E-state index in [0.29, 0.717) is 10.6 Å². The Kier molecular flexibility index (Phi) is 9.00. The van der Waals surface area contributed by atoms with Gasteiger partial charge in [0, 0.05) is 18.6 Å². The monoisotopic (exact) mass is 547 g/mol. The van der Waals surface area contributed by atoms with Gasteiger partial charge in [0.2, 0.25) is 11.8 Å². The number of likely N-dealkylation sites (N-methyl/N-ethyl adjacent to an activating group) is 1. The second-order valence-corrected chi connectivity index (χ2v) is 10.9. The van der Waals surface area contributed by atoms with Crippen molar-refractivity contribution in [3.63, 3.8) is 0 Å². The third-order valence-corrected chi connectivity index (χ3v) is 7.99. The number of anilines is 1. The molecule has 1 atom stereocenters. The van der Waals surface area contributed by atoms with Gasteiger partial charge in [-0.05, 0) is 55.8 Å². The fraction of sp³-hybridized carbons (Fsp3) is 0.231. The van der Waals surface area contributed by atoms with Crippen LogP contribution in [0.3, 0.4) is 0 Å². The molecule has 3 rings (SSSR count). The minimum atomic E-state index is -4.17. The highest BCUT2D eigenvalue weighted by Crippen LogP contribution is 2.31. The Balaban J connectivity index is 2.05. The van der Waals surface area contributed by atoms with Crippen molar-refractivity contribution in [2.75, 3.05) is 17.9 Å². The van der Waals surface area contributed by atoms with Gasteiger partial charge in [0.15, 0.2) is 0 Å². The Morgan fingerprint density at radius 3 is 2.25 bits per heavy atom. The number of hydrogen-bond acceptors (Lipinski definition) is 4. The Hall–Kier alpha value is -3.07. The van der Waals surface area contributed by atoms with Crippen molar-refractivity contribution < 1.29 is 18.0 Å². The first-order valence-electron chi connectivity index (χ1n) is 11.1. The Morgan fingerprint density at radius 2 is 1.64 bits per heavy atom. The quantitative estimate of drug-likeness (QED) is 0.422. The number of carbonyl (C=O) groups is 2. The van der Waals surface area contributed by atoms with E-state index in [0.717, 1.165) is 9.87 Å². The summed E-state index contributed by atoms with van der Waals surface area (Å²) in [7, 11) is -2.70. The lowest BCUT2D eigenvalue weighted by Crippen LogP contribution is -2.50. The molecule has 0 aliphatic rings. The van der Waals surface area contributed by atoms with Gasteiger partial charge < -0.3 is 10.2 Å². The number of nitrogens with one attached hydrogen (secondary N) is 1. The van der Waals surface area contributed by atoms with Crippen molar-refractivity contribution in [1.29, 1.82) is 0 Å². The van der Waals surface area contributed by atoms with E-state index in [1.165, 1.54) is 30.1 Å². The largest absolute Gasteiger partial charge is 0.357 e. The first-order valence-corrected chi connectivity index (χ1v) is 13.3. The number of rotatable bonds is 9. The smallest absolute Gasteiger partial charge is 0.264 e. The van der Waals surface area contributed by atoms with E-state index in [1.807, 2.05) is 6.92 Å². The highest BCUT2D eigenvalue weighted by molar-refractivity contribution is 7.92. The van der Waals surface area contributed by atoms with Crippen LogP contribution in [0.5, 0.6) is 0 Å². The van der Waals surface area contributed by atoms with Crippen molar-refractivity contribution in [2.45, 2.75) is 31.3 Å². The van der Waals surface area contributed by atoms with E-state index in [1.54, 1.807) is 61.5 Å². The van der Waals surface area contributed by atoms with Crippen molar-refractivity contribution in [3.05, 3.63) is 94.0 Å². The Bertz CT molecular complexity index is 1350. The van der Waals surface area contributed by atoms with Crippen LogP contribution in [0, 0.1) is 6.92 Å². The third-order valence-electron chi connectivity index (χ3n) is 5.66. The average molecular weight is 548 g/mol. The maximum Gasteiger partial charge on any atom is 0.264 e. The second kappa shape index (κ2) is 11.8. The second-order valence-electron chi connectivity index (χ2n) is 8.22. The molecule has 0 radical (unpaired) electrons. The highest BCUT2D eigenvalue weighted by atomic mass is 35.5. The van der Waals surface area contributed by atoms with Crippen molar-refractivity contribution in [3.8, 4) is 0 Å². The van der Waals surface area contributed by atoms with E-state index in [4.69, 9.17) is 23.2 Å². The highest BCUT2D eigenvalue weighted by Gasteiger charge is 2.33. The molecule has 7 nitrogen and oxygen atoms in total. The van der Waals surface area contributed by atoms with Gasteiger partial charge in [-0.2, -0.15) is 0 Å². The van der Waals surface area contributed by atoms with Crippen LogP contribution in [-0.2, 0) is 26.2 Å². The Labute approximate surface area is 221 Å². The van der Waals surface area contributed by atoms with E-state index < -0.39 is 34.4 Å². The van der Waals surface area contributed by atoms with Crippen LogP contribution in [0.4, 0.5) is 5.69 Å². The lowest BCUT2D eigenvalue weighted by molar-refractivity contribution is -0.139. The van der Waals surface area contributed by atoms with Crippen LogP contribution >= 0.6 is 23.2 Å². The fourth-order valence-corrected chi connectivity index (χ4v) is 5.56. The fourth-order valence-electron chi connectivity index (χ4n) is 3.63. The molecule has 0 aliphatic carbocycles. The standard InChI is InChI=1S/C26H27Cl2N3O4S/c1-18-11-13-22(14-12-18)36(34,35)31(24-10-5-4-9-23(24)28)17-25(32)30(19(2)26(33)29-3)16-20-7-6-8-21(27)15-20/h4-15,19H,16-17H2,1-3H3,(H,29,33). The van der Waals surface area contributed by atoms with Crippen LogP contribution in [0.15, 0.2) is 77.7 Å². The molecular weight excluding hydrogens is 521 g/mol. The molecule has 0 saturated heterocycles. The number of aryl methyl sites for hydroxylation is 1. The van der Waals surface area contributed by atoms with Crippen molar-refractivity contribution >= 4 is 50.7 Å². The summed E-state index contributed by atoms with van der Waals surface area (Å²) in [4.78, 5) is 27.5. The van der Waals surface area contributed by atoms with Gasteiger partial charge in [-0.3, -0.25) is 13.9 Å². The number of benzene rings is 3. The number of halogens is 2. The van der Waals surface area contributed by atoms with E-state index in [-0.39, 0.29) is 22.2 Å². The molecular formula is C26H27Cl2N3O4S. The molecule has 1 N–H and O–H groups in total. The topological polar surface area (TPSA) is 86.8 Å². The summed E-state index contributed by atoms with van der Waals surface area (Å²) in [5, 5.41) is 3.19. The van der Waals surface area contributed by atoms with E-state index in [9.17, 15) is 18.0 Å². The molecule has 0 saturated carbocycles. The summed E-state index contributed by atoms with van der Waals surface area (Å²) in [5.74, 6) is -0.974. The summed E-state index contributed by atoms with van der Waals surface area (Å²) in [6.07, 6.45) is 0. The van der Waals surface area contributed by atoms with Crippen LogP contribution in [0.1, 0.15) is 18.1 Å². The molecule has 190 valence electrons. The van der Waals surface area contributed by atoms with Crippen molar-refractivity contribution in [1.82, 2.24) is 10.2 Å². The third kappa shape index (κ3) is 6.37. The first-order chi connectivity index (χ1) is 17.0. The average Bonchev–Trinajstić information content (AvgIpc) is 2.85. The maximum atomic E-state index is 13.7. The van der Waals surface area contributed by atoms with Gasteiger partial charge in [-0.25, -0.2) is 8.42 Å². The first kappa shape index (κ1) is 27.5. The zero-order valence-electron chi connectivity index (χ0n) is 20.1. The van der Waals surface area contributed by atoms with Gasteiger partial charge in [-0.15, -0.1) is 0 Å². The summed E-state index contributed by atoms with van der Waals surface area (Å²) in [6, 6.07) is 18.7. The predicted molar refractivity (Wildman–Crippen MR) is 143 cm³/mol. The number of hydrogen-bond donors (Lipinski definition) is 1. The van der Waals surface area contributed by atoms with E-state index >= 15 is 0 Å². The van der Waals surface area contributed by atoms with Gasteiger partial charge in [0.05, 0.1) is 15.6 Å². The zero-order valence-corrected chi connectivity index (χ0v) is 22.4. The number of amides is 2. The van der Waals surface area contributed by atoms with Crippen LogP contribution in [0.25, 0.3) is 0 Å². The van der Waals surface area contributed by atoms with E-state index in [2.05, 4.69) is 5.32 Å². The molecule has 0 aromatic heterocycles. The molecule has 0 heterocycles. The minimum absolute atomic E-state index is 0.0153. The molecule has 0 aliphatic heterocycles. The number of carbonyl (C=O) groups excluding carboxylic acids is 2. The van der Waals surface area contributed by atoms with Crippen molar-refractivity contribution in [2.24, 2.45) is 0 Å². The number of sulfonamides is 1. The summed E-state index contributed by atoms with van der Waals surface area (Å²) in [5.41, 5.74) is 1.74. The predicted octanol–water partition coefficient (Wildman–Crippen LogP) is 4.66. The molecule has 36 heavy (non-hydrogen) atoms. The summed E-state index contributed by atoms with van der Waals surface area (Å²) >= 11 is 12.5.